The van der Waals surface area contributed by atoms with Gasteiger partial charge in [0.05, 0.1) is 31.5 Å². The molecule has 2 amide bonds. The Bertz CT molecular complexity index is 1410. The van der Waals surface area contributed by atoms with Crippen molar-refractivity contribution in [3.8, 4) is 0 Å². The van der Waals surface area contributed by atoms with Crippen molar-refractivity contribution in [2.75, 3.05) is 39.3 Å². The molecule has 2 saturated heterocycles. The van der Waals surface area contributed by atoms with Crippen LogP contribution in [0.1, 0.15) is 77.3 Å². The third-order valence-corrected chi connectivity index (χ3v) is 10.3. The molecule has 0 radical (unpaired) electrons. The first-order valence-corrected chi connectivity index (χ1v) is 18.3. The second-order valence-corrected chi connectivity index (χ2v) is 15.6. The van der Waals surface area contributed by atoms with E-state index in [1.807, 2.05) is 48.6 Å². The fraction of sp³-hybridized carbons (Fsp3) is 0.486. The fourth-order valence-corrected chi connectivity index (χ4v) is 6.79. The van der Waals surface area contributed by atoms with Gasteiger partial charge in [0.2, 0.25) is 0 Å². The average Bonchev–Trinajstić information content (AvgIpc) is 3.04. The third-order valence-electron chi connectivity index (χ3n) is 8.83. The van der Waals surface area contributed by atoms with Crippen molar-refractivity contribution in [3.05, 3.63) is 79.8 Å². The van der Waals surface area contributed by atoms with E-state index >= 15 is 0 Å². The van der Waals surface area contributed by atoms with Gasteiger partial charge in [0, 0.05) is 23.9 Å². The van der Waals surface area contributed by atoms with Crippen molar-refractivity contribution in [3.63, 3.8) is 0 Å². The number of rotatable bonds is 12. The fourth-order valence-electron chi connectivity index (χ4n) is 6.17. The number of piperidine rings is 2. The Kier molecular flexibility index (Phi) is 16.4. The van der Waals surface area contributed by atoms with E-state index < -0.39 is 6.03 Å². The molecule has 2 fully saturated rings. The summed E-state index contributed by atoms with van der Waals surface area (Å²) in [5.41, 5.74) is 7.92. The molecule has 2 heterocycles. The third kappa shape index (κ3) is 13.2. The van der Waals surface area contributed by atoms with Crippen molar-refractivity contribution in [2.45, 2.75) is 66.2 Å². The summed E-state index contributed by atoms with van der Waals surface area (Å²) in [5.74, 6) is 0. The molecular weight excluding hydrogens is 722 g/mol. The Hall–Kier alpha value is -2.10. The Morgan fingerprint density at radius 3 is 1.37 bits per heavy atom. The molecule has 0 aromatic heterocycles. The van der Waals surface area contributed by atoms with Crippen molar-refractivity contribution in [2.24, 2.45) is 21.0 Å². The van der Waals surface area contributed by atoms with Gasteiger partial charge in [-0.25, -0.2) is 15.6 Å². The Morgan fingerprint density at radius 2 is 1.02 bits per heavy atom. The Morgan fingerprint density at radius 1 is 0.653 bits per heavy atom. The van der Waals surface area contributed by atoms with Crippen LogP contribution in [0.4, 0.5) is 4.79 Å². The number of hydrogen-bond donors (Lipinski definition) is 2. The first-order valence-electron chi connectivity index (χ1n) is 16.8. The maximum absolute atomic E-state index is 13.2. The molecule has 2 aromatic carbocycles. The highest BCUT2D eigenvalue weighted by Crippen LogP contribution is 2.28. The first kappa shape index (κ1) is 41.3. The normalized spacial score (nSPS) is 17.4. The van der Waals surface area contributed by atoms with Gasteiger partial charge < -0.3 is 9.80 Å². The van der Waals surface area contributed by atoms with E-state index in [1.54, 1.807) is 12.1 Å². The van der Waals surface area contributed by atoms with E-state index in [9.17, 15) is 4.79 Å². The zero-order chi connectivity index (χ0) is 34.7. The van der Waals surface area contributed by atoms with Gasteiger partial charge in [-0.2, -0.15) is 10.2 Å². The number of nitrogens with zero attached hydrogens (tertiary/aromatic N) is 4. The highest BCUT2D eigenvalue weighted by atomic mass is 35.5. The first-order chi connectivity index (χ1) is 22.8. The average molecular weight is 771 g/mol. The molecule has 2 aliphatic heterocycles. The number of carbonyl (C=O) groups is 1. The molecule has 2 aliphatic rings. The van der Waals surface area contributed by atoms with E-state index in [-0.39, 0.29) is 23.2 Å². The zero-order valence-corrected chi connectivity index (χ0v) is 32.7. The SMILES string of the molecule is CC(C)(CN1CCCCC1)C(/C=C/c1ccc(Cl)c(Cl)c1)=N/NC(=O)N/N=C(\C=C\c1ccc(Cl)c(Cl)c1)C(C)(C)CN1CCCCC1.Cl. The molecule has 4 rings (SSSR count). The number of allylic oxidation sites excluding steroid dienone is 2. The van der Waals surface area contributed by atoms with Gasteiger partial charge in [-0.05, 0) is 99.4 Å². The van der Waals surface area contributed by atoms with Gasteiger partial charge in [0.15, 0.2) is 0 Å². The van der Waals surface area contributed by atoms with E-state index in [2.05, 4.69) is 58.5 Å². The molecule has 268 valence electrons. The van der Waals surface area contributed by atoms with Crippen molar-refractivity contribution in [1.82, 2.24) is 20.7 Å². The lowest BCUT2D eigenvalue weighted by Crippen LogP contribution is -2.43. The predicted octanol–water partition coefficient (Wildman–Crippen LogP) is 10.5. The summed E-state index contributed by atoms with van der Waals surface area (Å²) in [6.45, 7) is 14.4. The lowest BCUT2D eigenvalue weighted by atomic mass is 9.85. The number of urea groups is 1. The van der Waals surface area contributed by atoms with Gasteiger partial charge in [-0.3, -0.25) is 0 Å². The van der Waals surface area contributed by atoms with Gasteiger partial charge in [0.1, 0.15) is 0 Å². The van der Waals surface area contributed by atoms with Crippen LogP contribution in [0.3, 0.4) is 0 Å². The number of halogens is 5. The highest BCUT2D eigenvalue weighted by Gasteiger charge is 2.29. The molecule has 0 unspecified atom stereocenters. The summed E-state index contributed by atoms with van der Waals surface area (Å²) in [5, 5.41) is 11.2. The number of hydrazone groups is 2. The van der Waals surface area contributed by atoms with Gasteiger partial charge >= 0.3 is 6.03 Å². The molecular formula is C37H49Cl5N6O. The van der Waals surface area contributed by atoms with Gasteiger partial charge in [-0.15, -0.1) is 12.4 Å². The van der Waals surface area contributed by atoms with E-state index in [4.69, 9.17) is 46.4 Å². The molecule has 0 aliphatic carbocycles. The number of carbonyl (C=O) groups excluding carboxylic acids is 1. The van der Waals surface area contributed by atoms with Crippen molar-refractivity contribution >= 4 is 88.4 Å². The van der Waals surface area contributed by atoms with Gasteiger partial charge in [0.25, 0.3) is 0 Å². The molecule has 0 atom stereocenters. The van der Waals surface area contributed by atoms with E-state index in [0.29, 0.717) is 20.1 Å². The van der Waals surface area contributed by atoms with Crippen LogP contribution in [0.2, 0.25) is 20.1 Å². The Balaban J connectivity index is 0.00000650. The molecule has 0 bridgehead atoms. The highest BCUT2D eigenvalue weighted by molar-refractivity contribution is 6.42. The summed E-state index contributed by atoms with van der Waals surface area (Å²) in [6, 6.07) is 10.4. The number of nitrogens with one attached hydrogen (secondary N) is 2. The summed E-state index contributed by atoms with van der Waals surface area (Å²) in [7, 11) is 0. The largest absolute Gasteiger partial charge is 0.355 e. The van der Waals surface area contributed by atoms with Crippen LogP contribution >= 0.6 is 58.8 Å². The maximum atomic E-state index is 13.2. The molecule has 0 spiro atoms. The molecule has 12 heteroatoms. The van der Waals surface area contributed by atoms with Crippen molar-refractivity contribution < 1.29 is 4.79 Å². The van der Waals surface area contributed by atoms with Crippen LogP contribution in [0.5, 0.6) is 0 Å². The monoisotopic (exact) mass is 768 g/mol. The standard InChI is InChI=1S/C37H48Cl4N6O.ClH/c1-36(2,25-46-19-7-5-8-20-46)33(17-13-27-11-15-29(38)31(40)23-27)42-44-35(48)45-43-34(18-14-28-12-16-30(39)32(41)24-28)37(3,4)26-47-21-9-6-10-22-47;/h11-18,23-24H,5-10,19-22,25-26H2,1-4H3,(H2,44,45,48);1H/b17-13+,18-14+,42-33+,43-34+;. The van der Waals surface area contributed by atoms with Crippen LogP contribution < -0.4 is 10.9 Å². The maximum Gasteiger partial charge on any atom is 0.355 e. The summed E-state index contributed by atoms with van der Waals surface area (Å²) in [6.07, 6.45) is 15.0. The van der Waals surface area contributed by atoms with Crippen LogP contribution in [0.25, 0.3) is 12.2 Å². The quantitative estimate of drug-likeness (QED) is 0.167. The van der Waals surface area contributed by atoms with Crippen LogP contribution in [-0.4, -0.2) is 66.5 Å². The summed E-state index contributed by atoms with van der Waals surface area (Å²) in [4.78, 5) is 18.2. The summed E-state index contributed by atoms with van der Waals surface area (Å²) >= 11 is 24.8. The lowest BCUT2D eigenvalue weighted by Gasteiger charge is -2.35. The molecule has 2 N–H and O–H groups in total. The predicted molar refractivity (Wildman–Crippen MR) is 213 cm³/mol. The minimum Gasteiger partial charge on any atom is -0.302 e. The van der Waals surface area contributed by atoms with Gasteiger partial charge in [-0.1, -0.05) is 111 Å². The van der Waals surface area contributed by atoms with E-state index in [1.165, 1.54) is 38.5 Å². The molecule has 7 nitrogen and oxygen atoms in total. The zero-order valence-electron chi connectivity index (χ0n) is 28.9. The molecule has 0 saturated carbocycles. The van der Waals surface area contributed by atoms with E-state index in [0.717, 1.165) is 61.8 Å². The molecule has 2 aromatic rings. The number of benzene rings is 2. The minimum atomic E-state index is -0.529. The lowest BCUT2D eigenvalue weighted by molar-refractivity contribution is 0.186. The number of likely N-dealkylation sites (tertiary alicyclic amines) is 2. The van der Waals surface area contributed by atoms with Crippen LogP contribution in [0, 0.1) is 10.8 Å². The molecule has 49 heavy (non-hydrogen) atoms. The second-order valence-electron chi connectivity index (χ2n) is 14.0. The van der Waals surface area contributed by atoms with Crippen LogP contribution in [-0.2, 0) is 0 Å². The Labute approximate surface area is 318 Å². The van der Waals surface area contributed by atoms with Crippen LogP contribution in [0.15, 0.2) is 58.8 Å². The minimum absolute atomic E-state index is 0. The number of hydrogen-bond acceptors (Lipinski definition) is 5. The smallest absolute Gasteiger partial charge is 0.302 e. The number of amides is 2. The summed E-state index contributed by atoms with van der Waals surface area (Å²) < 4.78 is 0. The topological polar surface area (TPSA) is 72.3 Å². The second kappa shape index (κ2) is 19.5. The van der Waals surface area contributed by atoms with Crippen molar-refractivity contribution in [1.29, 1.82) is 0 Å².